The third-order valence-electron chi connectivity index (χ3n) is 6.40. The zero-order chi connectivity index (χ0) is 30.7. The Balaban J connectivity index is 1.52. The van der Waals surface area contributed by atoms with Gasteiger partial charge in [-0.15, -0.1) is 0 Å². The third kappa shape index (κ3) is 6.15. The number of hydrogen-bond donors (Lipinski definition) is 0. The summed E-state index contributed by atoms with van der Waals surface area (Å²) in [6, 6.07) is 10.3. The number of aromatic nitrogens is 5. The first-order valence-corrected chi connectivity index (χ1v) is 13.2. The van der Waals surface area contributed by atoms with E-state index in [4.69, 9.17) is 9.47 Å². The predicted octanol–water partition coefficient (Wildman–Crippen LogP) is 6.75. The molecule has 222 valence electrons. The first kappa shape index (κ1) is 29.5. The highest BCUT2D eigenvalue weighted by atomic mass is 19.4. The number of halogens is 5. The van der Waals surface area contributed by atoms with E-state index in [9.17, 15) is 26.7 Å². The summed E-state index contributed by atoms with van der Waals surface area (Å²) >= 11 is 0. The summed E-state index contributed by atoms with van der Waals surface area (Å²) in [5.41, 5.74) is -0.644. The molecule has 13 heteroatoms. The van der Waals surface area contributed by atoms with Gasteiger partial charge in [0.2, 0.25) is 0 Å². The Kier molecular flexibility index (Phi) is 8.33. The average molecular weight is 598 g/mol. The molecular formula is C30H24F5N5O3. The van der Waals surface area contributed by atoms with Crippen molar-refractivity contribution in [1.82, 2.24) is 24.7 Å². The lowest BCUT2D eigenvalue weighted by atomic mass is 10.0. The van der Waals surface area contributed by atoms with Crippen LogP contribution < -0.4 is 4.74 Å². The summed E-state index contributed by atoms with van der Waals surface area (Å²) in [7, 11) is 0. The molecule has 3 aromatic rings. The van der Waals surface area contributed by atoms with Crippen molar-refractivity contribution in [2.45, 2.75) is 32.5 Å². The van der Waals surface area contributed by atoms with E-state index in [0.29, 0.717) is 12.1 Å². The highest BCUT2D eigenvalue weighted by molar-refractivity contribution is 5.78. The van der Waals surface area contributed by atoms with Gasteiger partial charge in [-0.1, -0.05) is 13.0 Å². The molecule has 2 aliphatic rings. The van der Waals surface area contributed by atoms with Crippen molar-refractivity contribution in [1.29, 1.82) is 0 Å². The molecule has 2 aliphatic heterocycles. The van der Waals surface area contributed by atoms with Gasteiger partial charge in [-0.3, -0.25) is 0 Å². The molecule has 2 aromatic carbocycles. The fraction of sp³-hybridized carbons (Fsp3) is 0.233. The van der Waals surface area contributed by atoms with E-state index in [-0.39, 0.29) is 53.0 Å². The van der Waals surface area contributed by atoms with Gasteiger partial charge in [-0.25, -0.2) is 23.5 Å². The van der Waals surface area contributed by atoms with Crippen LogP contribution in [0, 0.1) is 11.6 Å². The van der Waals surface area contributed by atoms with Crippen molar-refractivity contribution in [3.63, 3.8) is 0 Å². The number of imidazole rings is 1. The summed E-state index contributed by atoms with van der Waals surface area (Å²) in [4.78, 5) is 21.6. The van der Waals surface area contributed by atoms with Crippen molar-refractivity contribution >= 4 is 5.97 Å². The number of rotatable bonds is 9. The predicted molar refractivity (Wildman–Crippen MR) is 145 cm³/mol. The Labute approximate surface area is 242 Å². The largest absolute Gasteiger partial charge is 0.494 e. The Morgan fingerprint density at radius 1 is 0.930 bits per heavy atom. The fourth-order valence-corrected chi connectivity index (χ4v) is 4.42. The minimum absolute atomic E-state index is 0.0459. The Bertz CT molecular complexity index is 1720. The molecule has 0 N–H and O–H groups in total. The Morgan fingerprint density at radius 3 is 2.42 bits per heavy atom. The van der Waals surface area contributed by atoms with E-state index in [0.717, 1.165) is 12.1 Å². The number of fused-ring (bicyclic) bond motifs is 1. The standard InChI is InChI=1S/C30H24F5N5O3/c1-3-14-43-17-8-9-18(20(15-17)30(33,34)35)22-10-11-24(39-38-22)27(29(41)42-4-2)40-13-12-23-25(16-40)37-28(36-23)19-6-5-7-21(31)26(19)32/h5-13,15-16,27H,3-4,14H2,1-2H3. The monoisotopic (exact) mass is 597 g/mol. The highest BCUT2D eigenvalue weighted by Crippen LogP contribution is 2.39. The molecule has 1 atom stereocenters. The molecule has 0 amide bonds. The second-order valence-electron chi connectivity index (χ2n) is 9.36. The number of nitrogens with zero attached hydrogens (tertiary/aromatic N) is 5. The molecule has 43 heavy (non-hydrogen) atoms. The van der Waals surface area contributed by atoms with Gasteiger partial charge >= 0.3 is 12.1 Å². The van der Waals surface area contributed by atoms with Crippen LogP contribution in [0.5, 0.6) is 5.75 Å². The summed E-state index contributed by atoms with van der Waals surface area (Å²) in [5, 5.41) is 8.10. The van der Waals surface area contributed by atoms with Crippen LogP contribution >= 0.6 is 0 Å². The van der Waals surface area contributed by atoms with Crippen LogP contribution in [0.2, 0.25) is 0 Å². The number of carbonyl (C=O) groups is 1. The molecular weight excluding hydrogens is 573 g/mol. The smallest absolute Gasteiger partial charge is 0.417 e. The van der Waals surface area contributed by atoms with Gasteiger partial charge in [-0.05, 0) is 61.9 Å². The lowest BCUT2D eigenvalue weighted by molar-refractivity contribution is -0.146. The van der Waals surface area contributed by atoms with E-state index in [2.05, 4.69) is 20.2 Å². The molecule has 0 radical (unpaired) electrons. The van der Waals surface area contributed by atoms with Gasteiger partial charge < -0.3 is 14.0 Å². The zero-order valence-corrected chi connectivity index (χ0v) is 22.9. The maximum atomic E-state index is 14.3. The molecule has 0 saturated carbocycles. The van der Waals surface area contributed by atoms with Gasteiger partial charge in [-0.2, -0.15) is 23.4 Å². The number of alkyl halides is 3. The van der Waals surface area contributed by atoms with Gasteiger partial charge in [0.05, 0.1) is 41.4 Å². The minimum Gasteiger partial charge on any atom is -0.494 e. The van der Waals surface area contributed by atoms with Crippen molar-refractivity contribution in [2.75, 3.05) is 13.2 Å². The molecule has 0 fully saturated rings. The van der Waals surface area contributed by atoms with Crippen LogP contribution in [0.3, 0.4) is 0 Å². The van der Waals surface area contributed by atoms with Crippen molar-refractivity contribution in [2.24, 2.45) is 0 Å². The Morgan fingerprint density at radius 2 is 1.72 bits per heavy atom. The van der Waals surface area contributed by atoms with Crippen LogP contribution in [-0.2, 0) is 15.7 Å². The quantitative estimate of drug-likeness (QED) is 0.137. The SMILES string of the molecule is CCCOc1ccc(-c2ccc(C(C(=O)OCC)n3ccc4nc(-c5cccc(F)c5F)nc-4c3)nn2)c(C(F)(F)F)c1. The molecule has 0 aliphatic carbocycles. The maximum absolute atomic E-state index is 14.3. The van der Waals surface area contributed by atoms with Crippen molar-refractivity contribution in [3.05, 3.63) is 89.9 Å². The lowest BCUT2D eigenvalue weighted by Crippen LogP contribution is -2.24. The first-order chi connectivity index (χ1) is 20.6. The number of pyridine rings is 1. The van der Waals surface area contributed by atoms with Crippen LogP contribution in [0.15, 0.2) is 67.0 Å². The number of carbonyl (C=O) groups excluding carboxylic acids is 1. The van der Waals surface area contributed by atoms with E-state index in [1.165, 1.54) is 59.4 Å². The average Bonchev–Trinajstić information content (AvgIpc) is 3.41. The summed E-state index contributed by atoms with van der Waals surface area (Å²) in [6.45, 7) is 3.77. The summed E-state index contributed by atoms with van der Waals surface area (Å²) in [5.74, 6) is -2.82. The molecule has 1 unspecified atom stereocenters. The second-order valence-corrected chi connectivity index (χ2v) is 9.36. The maximum Gasteiger partial charge on any atom is 0.417 e. The van der Waals surface area contributed by atoms with Crippen LogP contribution in [-0.4, -0.2) is 43.9 Å². The second kappa shape index (κ2) is 12.1. The third-order valence-corrected chi connectivity index (χ3v) is 6.40. The molecule has 3 heterocycles. The summed E-state index contributed by atoms with van der Waals surface area (Å²) < 4.78 is 81.9. The fourth-order valence-electron chi connectivity index (χ4n) is 4.42. The lowest BCUT2D eigenvalue weighted by Gasteiger charge is -2.19. The van der Waals surface area contributed by atoms with E-state index in [1.807, 2.05) is 6.92 Å². The van der Waals surface area contributed by atoms with Crippen LogP contribution in [0.25, 0.3) is 34.0 Å². The van der Waals surface area contributed by atoms with Crippen LogP contribution in [0.1, 0.15) is 37.6 Å². The first-order valence-electron chi connectivity index (χ1n) is 13.2. The number of esters is 1. The zero-order valence-electron chi connectivity index (χ0n) is 22.9. The number of hydrogen-bond acceptors (Lipinski definition) is 7. The van der Waals surface area contributed by atoms with E-state index < -0.39 is 35.4 Å². The van der Waals surface area contributed by atoms with Crippen LogP contribution in [0.4, 0.5) is 22.0 Å². The molecule has 8 nitrogen and oxygen atoms in total. The van der Waals surface area contributed by atoms with Gasteiger partial charge in [0, 0.05) is 18.0 Å². The number of benzene rings is 2. The molecule has 0 saturated heterocycles. The molecule has 1 aromatic heterocycles. The van der Waals surface area contributed by atoms with Gasteiger partial charge in [0.15, 0.2) is 23.5 Å². The van der Waals surface area contributed by atoms with Crippen molar-refractivity contribution < 1.29 is 36.2 Å². The normalized spacial score (nSPS) is 12.3. The van der Waals surface area contributed by atoms with Gasteiger partial charge in [0.25, 0.3) is 0 Å². The van der Waals surface area contributed by atoms with Gasteiger partial charge in [0.1, 0.15) is 11.4 Å². The van der Waals surface area contributed by atoms with Crippen molar-refractivity contribution in [3.8, 4) is 39.8 Å². The van der Waals surface area contributed by atoms with E-state index >= 15 is 0 Å². The molecule has 5 rings (SSSR count). The highest BCUT2D eigenvalue weighted by Gasteiger charge is 2.35. The number of ether oxygens (including phenoxy) is 2. The topological polar surface area (TPSA) is 92.0 Å². The van der Waals surface area contributed by atoms with E-state index in [1.54, 1.807) is 6.92 Å². The molecule has 0 spiro atoms. The summed E-state index contributed by atoms with van der Waals surface area (Å²) in [6.07, 6.45) is -1.10. The molecule has 0 bridgehead atoms. The Hall–Kier alpha value is -4.94. The minimum atomic E-state index is -4.69.